The van der Waals surface area contributed by atoms with Crippen LogP contribution in [0.3, 0.4) is 0 Å². The van der Waals surface area contributed by atoms with E-state index in [-0.39, 0.29) is 0 Å². The van der Waals surface area contributed by atoms with Crippen molar-refractivity contribution in [2.75, 3.05) is 5.75 Å². The Labute approximate surface area is 55.0 Å². The second-order valence-corrected chi connectivity index (χ2v) is 2.13. The first-order valence-corrected chi connectivity index (χ1v) is 3.46. The van der Waals surface area contributed by atoms with Gasteiger partial charge in [0.1, 0.15) is 0 Å². The van der Waals surface area contributed by atoms with Crippen molar-refractivity contribution in [1.29, 1.82) is 0 Å². The third-order valence-corrected chi connectivity index (χ3v) is 1.30. The van der Waals surface area contributed by atoms with Crippen molar-refractivity contribution in [3.63, 3.8) is 0 Å². The molecule has 8 heavy (non-hydrogen) atoms. The first-order valence-electron chi connectivity index (χ1n) is 2.42. The Kier molecular flexibility index (Phi) is 6.22. The molecule has 0 heterocycles. The molecule has 0 aromatic carbocycles. The van der Waals surface area contributed by atoms with E-state index in [0.29, 0.717) is 0 Å². The molecule has 0 saturated heterocycles. The zero-order chi connectivity index (χ0) is 6.24. The molecule has 0 rings (SSSR count). The van der Waals surface area contributed by atoms with Gasteiger partial charge in [0.25, 0.3) is 0 Å². The van der Waals surface area contributed by atoms with E-state index in [0.717, 1.165) is 5.75 Å². The van der Waals surface area contributed by atoms with Gasteiger partial charge in [-0.2, -0.15) is 0 Å². The maximum absolute atomic E-state index is 3.58. The lowest BCUT2D eigenvalue weighted by Crippen LogP contribution is -1.58. The van der Waals surface area contributed by atoms with Crippen molar-refractivity contribution in [3.05, 3.63) is 36.8 Å². The summed E-state index contributed by atoms with van der Waals surface area (Å²) < 4.78 is 0. The summed E-state index contributed by atoms with van der Waals surface area (Å²) in [5.74, 6) is 0.977. The monoisotopic (exact) mass is 126 g/mol. The lowest BCUT2D eigenvalue weighted by molar-refractivity contribution is 1.83. The topological polar surface area (TPSA) is 0 Å². The largest absolute Gasteiger partial charge is 0.130 e. The third-order valence-electron chi connectivity index (χ3n) is 0.525. The molecule has 0 spiro atoms. The molecule has 0 aromatic rings. The molecule has 1 heteroatoms. The zero-order valence-corrected chi connectivity index (χ0v) is 5.66. The lowest BCUT2D eigenvalue weighted by atomic mass is 10.6. The molecule has 0 aliphatic heterocycles. The molecule has 0 bridgehead atoms. The average Bonchev–Trinajstić information content (AvgIpc) is 1.81. The van der Waals surface area contributed by atoms with Crippen molar-refractivity contribution >= 4 is 11.8 Å². The van der Waals surface area contributed by atoms with E-state index in [1.807, 2.05) is 17.6 Å². The van der Waals surface area contributed by atoms with Gasteiger partial charge in [-0.15, -0.1) is 18.3 Å². The van der Waals surface area contributed by atoms with Crippen molar-refractivity contribution in [2.24, 2.45) is 0 Å². The Morgan fingerprint density at radius 3 is 2.62 bits per heavy atom. The molecule has 0 unspecified atom stereocenters. The summed E-state index contributed by atoms with van der Waals surface area (Å²) in [6.07, 6.45) is 5.54. The van der Waals surface area contributed by atoms with Crippen molar-refractivity contribution in [1.82, 2.24) is 0 Å². The average molecular weight is 126 g/mol. The van der Waals surface area contributed by atoms with Gasteiger partial charge in [0.05, 0.1) is 0 Å². The number of allylic oxidation sites excluding steroid dienone is 2. The van der Waals surface area contributed by atoms with Crippen LogP contribution < -0.4 is 0 Å². The highest BCUT2D eigenvalue weighted by Crippen LogP contribution is 2.00. The van der Waals surface area contributed by atoms with E-state index >= 15 is 0 Å². The fourth-order valence-corrected chi connectivity index (χ4v) is 0.704. The number of hydrogen-bond acceptors (Lipinski definition) is 1. The van der Waals surface area contributed by atoms with Crippen LogP contribution in [0.5, 0.6) is 0 Å². The van der Waals surface area contributed by atoms with Crippen LogP contribution in [0.25, 0.3) is 0 Å². The molecule has 0 aromatic heterocycles. The molecule has 0 aliphatic carbocycles. The van der Waals surface area contributed by atoms with Gasteiger partial charge in [0.2, 0.25) is 0 Å². The van der Waals surface area contributed by atoms with Crippen molar-refractivity contribution < 1.29 is 0 Å². The van der Waals surface area contributed by atoms with Crippen LogP contribution in [-0.4, -0.2) is 5.75 Å². The Hall–Kier alpha value is -0.430. The lowest BCUT2D eigenvalue weighted by Gasteiger charge is -1.80. The van der Waals surface area contributed by atoms with Gasteiger partial charge in [-0.05, 0) is 5.41 Å². The van der Waals surface area contributed by atoms with Gasteiger partial charge in [0, 0.05) is 5.75 Å². The maximum Gasteiger partial charge on any atom is 0.0152 e. The zero-order valence-electron chi connectivity index (χ0n) is 4.84. The summed E-state index contributed by atoms with van der Waals surface area (Å²) >= 11 is 1.71. The van der Waals surface area contributed by atoms with Gasteiger partial charge in [0.15, 0.2) is 0 Å². The SMILES string of the molecule is C=CC=CSCC=C. The standard InChI is InChI=1S/C7H10S/c1-3-5-7-8-6-4-2/h3-5,7H,1-2,6H2. The number of hydrogen-bond donors (Lipinski definition) is 0. The molecule has 0 saturated carbocycles. The predicted molar refractivity (Wildman–Crippen MR) is 42.0 cm³/mol. The minimum absolute atomic E-state index is 0.977. The molecule has 0 amide bonds. The smallest absolute Gasteiger partial charge is 0.0152 e. The van der Waals surface area contributed by atoms with Gasteiger partial charge in [-0.3, -0.25) is 0 Å². The minimum Gasteiger partial charge on any atom is -0.130 e. The van der Waals surface area contributed by atoms with Crippen LogP contribution >= 0.6 is 11.8 Å². The Balaban J connectivity index is 3.02. The summed E-state index contributed by atoms with van der Waals surface area (Å²) in [7, 11) is 0. The Morgan fingerprint density at radius 1 is 1.38 bits per heavy atom. The van der Waals surface area contributed by atoms with Crippen LogP contribution in [0, 0.1) is 0 Å². The normalized spacial score (nSPS) is 9.50. The van der Waals surface area contributed by atoms with Gasteiger partial charge >= 0.3 is 0 Å². The molecular formula is C7H10S. The van der Waals surface area contributed by atoms with Crippen LogP contribution in [-0.2, 0) is 0 Å². The number of thioether (sulfide) groups is 1. The van der Waals surface area contributed by atoms with E-state index in [2.05, 4.69) is 13.2 Å². The van der Waals surface area contributed by atoms with E-state index in [9.17, 15) is 0 Å². The summed E-state index contributed by atoms with van der Waals surface area (Å²) in [5.41, 5.74) is 0. The first-order chi connectivity index (χ1) is 3.91. The van der Waals surface area contributed by atoms with Crippen molar-refractivity contribution in [2.45, 2.75) is 0 Å². The second-order valence-electron chi connectivity index (χ2n) is 1.19. The van der Waals surface area contributed by atoms with E-state index in [1.54, 1.807) is 17.8 Å². The van der Waals surface area contributed by atoms with Crippen LogP contribution in [0.2, 0.25) is 0 Å². The summed E-state index contributed by atoms with van der Waals surface area (Å²) in [6.45, 7) is 7.11. The molecule has 0 atom stereocenters. The third kappa shape index (κ3) is 5.57. The van der Waals surface area contributed by atoms with Gasteiger partial charge < -0.3 is 0 Å². The summed E-state index contributed by atoms with van der Waals surface area (Å²) in [5, 5.41) is 1.99. The van der Waals surface area contributed by atoms with Crippen LogP contribution in [0.15, 0.2) is 36.8 Å². The van der Waals surface area contributed by atoms with Crippen LogP contribution in [0.4, 0.5) is 0 Å². The quantitative estimate of drug-likeness (QED) is 0.317. The minimum atomic E-state index is 0.977. The predicted octanol–water partition coefficient (Wildman–Crippen LogP) is 2.61. The second kappa shape index (κ2) is 6.57. The Morgan fingerprint density at radius 2 is 2.12 bits per heavy atom. The highest BCUT2D eigenvalue weighted by atomic mass is 32.2. The molecule has 0 fully saturated rings. The molecule has 0 N–H and O–H groups in total. The van der Waals surface area contributed by atoms with E-state index in [4.69, 9.17) is 0 Å². The van der Waals surface area contributed by atoms with Gasteiger partial charge in [-0.25, -0.2) is 0 Å². The highest BCUT2D eigenvalue weighted by Gasteiger charge is 1.69. The molecular weight excluding hydrogens is 116 g/mol. The fraction of sp³-hybridized carbons (Fsp3) is 0.143. The van der Waals surface area contributed by atoms with Gasteiger partial charge in [-0.1, -0.05) is 24.8 Å². The summed E-state index contributed by atoms with van der Waals surface area (Å²) in [6, 6.07) is 0. The van der Waals surface area contributed by atoms with E-state index in [1.165, 1.54) is 0 Å². The maximum atomic E-state index is 3.58. The summed E-state index contributed by atoms with van der Waals surface area (Å²) in [4.78, 5) is 0. The van der Waals surface area contributed by atoms with Crippen LogP contribution in [0.1, 0.15) is 0 Å². The Bertz CT molecular complexity index is 92.6. The fourth-order valence-electron chi connectivity index (χ4n) is 0.235. The molecule has 0 nitrogen and oxygen atoms in total. The van der Waals surface area contributed by atoms with E-state index < -0.39 is 0 Å². The molecule has 0 radical (unpaired) electrons. The highest BCUT2D eigenvalue weighted by molar-refractivity contribution is 8.02. The number of rotatable bonds is 4. The molecule has 44 valence electrons. The first kappa shape index (κ1) is 7.57. The van der Waals surface area contributed by atoms with Crippen molar-refractivity contribution in [3.8, 4) is 0 Å². The molecule has 0 aliphatic rings.